The van der Waals surface area contributed by atoms with Crippen molar-refractivity contribution in [2.24, 2.45) is 5.92 Å². The average molecular weight is 199 g/mol. The van der Waals surface area contributed by atoms with Crippen LogP contribution in [0.3, 0.4) is 0 Å². The topological polar surface area (TPSA) is 38.3 Å². The molecule has 0 rings (SSSR count). The smallest absolute Gasteiger partial charge is 0.309 e. The second-order valence-corrected chi connectivity index (χ2v) is 3.49. The summed E-state index contributed by atoms with van der Waals surface area (Å²) in [6.45, 7) is 10.5. The van der Waals surface area contributed by atoms with Crippen molar-refractivity contribution in [3.05, 3.63) is 12.7 Å². The Labute approximate surface area is 86.5 Å². The Kier molecular flexibility index (Phi) is 7.11. The van der Waals surface area contributed by atoms with Crippen molar-refractivity contribution in [1.29, 1.82) is 0 Å². The Bertz CT molecular complexity index is 180. The molecule has 0 fully saturated rings. The van der Waals surface area contributed by atoms with E-state index < -0.39 is 0 Å². The van der Waals surface area contributed by atoms with E-state index in [0.29, 0.717) is 19.2 Å². The van der Waals surface area contributed by atoms with Crippen LogP contribution in [0.25, 0.3) is 0 Å². The highest BCUT2D eigenvalue weighted by Crippen LogP contribution is 1.99. The van der Waals surface area contributed by atoms with Crippen molar-refractivity contribution in [3.8, 4) is 0 Å². The summed E-state index contributed by atoms with van der Waals surface area (Å²) in [4.78, 5) is 11.2. The van der Waals surface area contributed by atoms with E-state index in [1.807, 2.05) is 19.9 Å². The quantitative estimate of drug-likeness (QED) is 0.501. The van der Waals surface area contributed by atoms with Crippen LogP contribution in [0.4, 0.5) is 0 Å². The molecule has 0 radical (unpaired) electrons. The number of hydrogen-bond donors (Lipinski definition) is 1. The number of hydrogen-bond acceptors (Lipinski definition) is 3. The van der Waals surface area contributed by atoms with Crippen LogP contribution in [0.5, 0.6) is 0 Å². The third-order valence-corrected chi connectivity index (χ3v) is 1.98. The molecule has 0 aliphatic heterocycles. The third-order valence-electron chi connectivity index (χ3n) is 1.98. The first kappa shape index (κ1) is 13.2. The lowest BCUT2D eigenvalue weighted by Gasteiger charge is -2.15. The second-order valence-electron chi connectivity index (χ2n) is 3.49. The molecule has 3 nitrogen and oxygen atoms in total. The van der Waals surface area contributed by atoms with Gasteiger partial charge in [-0.2, -0.15) is 0 Å². The Morgan fingerprint density at radius 3 is 2.71 bits per heavy atom. The third kappa shape index (κ3) is 5.75. The summed E-state index contributed by atoms with van der Waals surface area (Å²) >= 11 is 0. The Balaban J connectivity index is 3.66. The van der Waals surface area contributed by atoms with E-state index in [9.17, 15) is 4.79 Å². The van der Waals surface area contributed by atoms with Crippen molar-refractivity contribution in [3.63, 3.8) is 0 Å². The number of rotatable bonds is 7. The van der Waals surface area contributed by atoms with Gasteiger partial charge < -0.3 is 10.1 Å². The van der Waals surface area contributed by atoms with Gasteiger partial charge in [0.1, 0.15) is 0 Å². The van der Waals surface area contributed by atoms with Crippen LogP contribution >= 0.6 is 0 Å². The highest BCUT2D eigenvalue weighted by atomic mass is 16.5. The zero-order chi connectivity index (χ0) is 11.0. The van der Waals surface area contributed by atoms with Crippen LogP contribution in [-0.4, -0.2) is 25.2 Å². The van der Waals surface area contributed by atoms with Crippen LogP contribution in [-0.2, 0) is 9.53 Å². The molecule has 0 saturated heterocycles. The maximum Gasteiger partial charge on any atom is 0.309 e. The minimum Gasteiger partial charge on any atom is -0.466 e. The van der Waals surface area contributed by atoms with Crippen molar-refractivity contribution >= 4 is 5.97 Å². The van der Waals surface area contributed by atoms with Gasteiger partial charge in [0.2, 0.25) is 0 Å². The Morgan fingerprint density at radius 1 is 1.57 bits per heavy atom. The summed E-state index contributed by atoms with van der Waals surface area (Å²) in [5.41, 5.74) is 0. The summed E-state index contributed by atoms with van der Waals surface area (Å²) < 4.78 is 4.90. The summed E-state index contributed by atoms with van der Waals surface area (Å²) in [7, 11) is 0. The molecule has 1 N–H and O–H groups in total. The van der Waals surface area contributed by atoms with Gasteiger partial charge in [-0.1, -0.05) is 13.0 Å². The molecular formula is C11H21NO2. The number of esters is 1. The molecule has 0 aliphatic carbocycles. The molecular weight excluding hydrogens is 178 g/mol. The molecule has 14 heavy (non-hydrogen) atoms. The molecule has 0 bridgehead atoms. The number of nitrogens with one attached hydrogen (secondary N) is 1. The number of ether oxygens (including phenoxy) is 1. The van der Waals surface area contributed by atoms with E-state index >= 15 is 0 Å². The van der Waals surface area contributed by atoms with Crippen LogP contribution in [0, 0.1) is 5.92 Å². The van der Waals surface area contributed by atoms with Crippen LogP contribution < -0.4 is 5.32 Å². The maximum absolute atomic E-state index is 11.2. The molecule has 0 aromatic heterocycles. The average Bonchev–Trinajstić information content (AvgIpc) is 2.15. The fraction of sp³-hybridized carbons (Fsp3) is 0.727. The highest BCUT2D eigenvalue weighted by molar-refractivity contribution is 5.72. The molecule has 0 spiro atoms. The molecule has 0 amide bonds. The predicted molar refractivity (Wildman–Crippen MR) is 58.1 cm³/mol. The molecule has 0 heterocycles. The fourth-order valence-corrected chi connectivity index (χ4v) is 1.08. The largest absolute Gasteiger partial charge is 0.466 e. The van der Waals surface area contributed by atoms with Gasteiger partial charge in [0.05, 0.1) is 12.5 Å². The lowest BCUT2D eigenvalue weighted by Crippen LogP contribution is -2.33. The first-order chi connectivity index (χ1) is 6.61. The Hall–Kier alpha value is -0.830. The Morgan fingerprint density at radius 2 is 2.21 bits per heavy atom. The summed E-state index contributed by atoms with van der Waals surface area (Å²) in [6.07, 6.45) is 2.78. The fourth-order valence-electron chi connectivity index (χ4n) is 1.08. The van der Waals surface area contributed by atoms with Gasteiger partial charge in [-0.25, -0.2) is 0 Å². The van der Waals surface area contributed by atoms with Crippen LogP contribution in [0.15, 0.2) is 12.7 Å². The second kappa shape index (κ2) is 7.56. The lowest BCUT2D eigenvalue weighted by molar-refractivity contribution is -0.147. The SMILES string of the molecule is C=CCC(C)NCC(C)C(=O)OCC. The molecule has 2 unspecified atom stereocenters. The van der Waals surface area contributed by atoms with Gasteiger partial charge in [-0.15, -0.1) is 6.58 Å². The molecule has 0 aromatic carbocycles. The van der Waals surface area contributed by atoms with Crippen molar-refractivity contribution < 1.29 is 9.53 Å². The van der Waals surface area contributed by atoms with Gasteiger partial charge in [-0.3, -0.25) is 4.79 Å². The molecule has 0 aromatic rings. The minimum atomic E-state index is -0.134. The summed E-state index contributed by atoms with van der Waals surface area (Å²) in [5, 5.41) is 3.25. The van der Waals surface area contributed by atoms with Crippen molar-refractivity contribution in [2.45, 2.75) is 33.2 Å². The first-order valence-electron chi connectivity index (χ1n) is 5.12. The van der Waals surface area contributed by atoms with Gasteiger partial charge >= 0.3 is 5.97 Å². The van der Waals surface area contributed by atoms with E-state index in [-0.39, 0.29) is 11.9 Å². The maximum atomic E-state index is 11.2. The van der Waals surface area contributed by atoms with Gasteiger partial charge in [0, 0.05) is 12.6 Å². The molecule has 2 atom stereocenters. The van der Waals surface area contributed by atoms with Crippen LogP contribution in [0.1, 0.15) is 27.2 Å². The zero-order valence-corrected chi connectivity index (χ0v) is 9.38. The first-order valence-corrected chi connectivity index (χ1v) is 5.12. The normalized spacial score (nSPS) is 14.5. The monoisotopic (exact) mass is 199 g/mol. The van der Waals surface area contributed by atoms with E-state index in [2.05, 4.69) is 18.8 Å². The van der Waals surface area contributed by atoms with E-state index in [1.165, 1.54) is 0 Å². The van der Waals surface area contributed by atoms with E-state index in [4.69, 9.17) is 4.74 Å². The molecule has 82 valence electrons. The van der Waals surface area contributed by atoms with Crippen molar-refractivity contribution in [2.75, 3.05) is 13.2 Å². The van der Waals surface area contributed by atoms with Gasteiger partial charge in [-0.05, 0) is 20.3 Å². The molecule has 3 heteroatoms. The lowest BCUT2D eigenvalue weighted by atomic mass is 10.1. The van der Waals surface area contributed by atoms with E-state index in [0.717, 1.165) is 6.42 Å². The molecule has 0 saturated carbocycles. The predicted octanol–water partition coefficient (Wildman–Crippen LogP) is 1.74. The standard InChI is InChI=1S/C11H21NO2/c1-5-7-10(4)12-8-9(3)11(13)14-6-2/h5,9-10,12H,1,6-8H2,2-4H3. The number of carbonyl (C=O) groups is 1. The summed E-state index contributed by atoms with van der Waals surface area (Å²) in [5.74, 6) is -0.215. The summed E-state index contributed by atoms with van der Waals surface area (Å²) in [6, 6.07) is 0.365. The van der Waals surface area contributed by atoms with Crippen molar-refractivity contribution in [1.82, 2.24) is 5.32 Å². The number of carbonyl (C=O) groups excluding carboxylic acids is 1. The van der Waals surface area contributed by atoms with E-state index in [1.54, 1.807) is 0 Å². The van der Waals surface area contributed by atoms with Gasteiger partial charge in [0.15, 0.2) is 0 Å². The van der Waals surface area contributed by atoms with Crippen LogP contribution in [0.2, 0.25) is 0 Å². The van der Waals surface area contributed by atoms with Gasteiger partial charge in [0.25, 0.3) is 0 Å². The molecule has 0 aliphatic rings. The zero-order valence-electron chi connectivity index (χ0n) is 9.38. The highest BCUT2D eigenvalue weighted by Gasteiger charge is 2.13. The minimum absolute atomic E-state index is 0.0813.